The van der Waals surface area contributed by atoms with Crippen molar-refractivity contribution in [3.05, 3.63) is 12.2 Å². The molecule has 2 unspecified atom stereocenters. The zero-order chi connectivity index (χ0) is 45.6. The molecule has 0 fully saturated rings. The monoisotopic (exact) mass is 888 g/mol. The van der Waals surface area contributed by atoms with Crippen molar-refractivity contribution in [2.24, 2.45) is 0 Å². The maximum absolute atomic E-state index is 12.5. The number of hydrogen-bond donors (Lipinski definition) is 3. The van der Waals surface area contributed by atoms with Crippen molar-refractivity contribution in [3.63, 3.8) is 0 Å². The third-order valence-electron chi connectivity index (χ3n) is 14.0. The number of aliphatic hydroxyl groups excluding tert-OH is 2. The van der Waals surface area contributed by atoms with Gasteiger partial charge in [0.2, 0.25) is 5.91 Å². The smallest absolute Gasteiger partial charge is 0.220 e. The minimum Gasteiger partial charge on any atom is -0.394 e. The number of amides is 1. The normalized spacial score (nSPS) is 12.8. The van der Waals surface area contributed by atoms with Gasteiger partial charge in [-0.1, -0.05) is 328 Å². The highest BCUT2D eigenvalue weighted by atomic mass is 16.3. The summed E-state index contributed by atoms with van der Waals surface area (Å²) < 4.78 is 0. The Bertz CT molecular complexity index is 875. The van der Waals surface area contributed by atoms with Crippen LogP contribution in [-0.4, -0.2) is 34.9 Å². The maximum atomic E-state index is 12.5. The van der Waals surface area contributed by atoms with Crippen molar-refractivity contribution in [2.45, 2.75) is 353 Å². The highest BCUT2D eigenvalue weighted by Crippen LogP contribution is 2.18. The first-order chi connectivity index (χ1) is 31.2. The van der Waals surface area contributed by atoms with Crippen molar-refractivity contribution >= 4 is 5.91 Å². The van der Waals surface area contributed by atoms with Crippen LogP contribution in [-0.2, 0) is 4.79 Å². The number of aliphatic hydroxyl groups is 2. The van der Waals surface area contributed by atoms with Gasteiger partial charge in [0.15, 0.2) is 0 Å². The summed E-state index contributed by atoms with van der Waals surface area (Å²) in [5, 5.41) is 23.2. The lowest BCUT2D eigenvalue weighted by Gasteiger charge is -2.20. The van der Waals surface area contributed by atoms with Crippen molar-refractivity contribution in [3.8, 4) is 0 Å². The van der Waals surface area contributed by atoms with Gasteiger partial charge in [-0.05, 0) is 19.3 Å². The molecule has 0 aliphatic heterocycles. The Morgan fingerprint density at radius 2 is 0.587 bits per heavy atom. The van der Waals surface area contributed by atoms with E-state index >= 15 is 0 Å². The molecule has 0 heterocycles. The molecule has 0 spiro atoms. The molecule has 376 valence electrons. The van der Waals surface area contributed by atoms with E-state index in [1.54, 1.807) is 6.08 Å². The number of rotatable bonds is 55. The maximum Gasteiger partial charge on any atom is 0.220 e. The average Bonchev–Trinajstić information content (AvgIpc) is 3.29. The van der Waals surface area contributed by atoms with Crippen LogP contribution in [0.15, 0.2) is 12.2 Å². The molecule has 1 amide bonds. The predicted octanol–water partition coefficient (Wildman–Crippen LogP) is 19.3. The second kappa shape index (κ2) is 55.5. The van der Waals surface area contributed by atoms with Crippen LogP contribution in [0.1, 0.15) is 341 Å². The fraction of sp³-hybridized carbons (Fsp3) is 0.949. The van der Waals surface area contributed by atoms with Gasteiger partial charge in [-0.2, -0.15) is 0 Å². The molecule has 63 heavy (non-hydrogen) atoms. The first kappa shape index (κ1) is 62.1. The van der Waals surface area contributed by atoms with Gasteiger partial charge in [0.25, 0.3) is 0 Å². The van der Waals surface area contributed by atoms with Gasteiger partial charge in [-0.15, -0.1) is 0 Å². The van der Waals surface area contributed by atoms with Crippen LogP contribution in [0, 0.1) is 0 Å². The molecule has 0 aliphatic rings. The highest BCUT2D eigenvalue weighted by molar-refractivity contribution is 5.76. The van der Waals surface area contributed by atoms with Crippen LogP contribution in [0.25, 0.3) is 0 Å². The molecule has 0 bridgehead atoms. The van der Waals surface area contributed by atoms with E-state index in [1.165, 1.54) is 295 Å². The van der Waals surface area contributed by atoms with Crippen molar-refractivity contribution in [1.82, 2.24) is 5.32 Å². The van der Waals surface area contributed by atoms with E-state index in [2.05, 4.69) is 19.2 Å². The standard InChI is InChI=1S/C59H117NO3/c1-3-5-7-9-11-13-15-17-19-21-23-24-25-26-27-28-29-30-31-32-33-34-35-36-37-39-41-43-45-47-49-51-53-55-59(63)60-57(56-61)58(62)54-52-50-48-46-44-42-40-38-22-20-18-16-14-12-10-8-6-4-2/h52,54,57-58,61-62H,3-51,53,55-56H2,1-2H3,(H,60,63)/b54-52+. The Hall–Kier alpha value is -0.870. The van der Waals surface area contributed by atoms with E-state index in [-0.39, 0.29) is 12.5 Å². The fourth-order valence-corrected chi connectivity index (χ4v) is 9.54. The SMILES string of the molecule is CCCCCCCCCCCCCCCCCC/C=C/C(O)C(CO)NC(=O)CCCCCCCCCCCCCCCCCCCCCCCCCCCCCCCCCCC. The summed E-state index contributed by atoms with van der Waals surface area (Å²) >= 11 is 0. The molecule has 0 aliphatic carbocycles. The lowest BCUT2D eigenvalue weighted by atomic mass is 10.0. The van der Waals surface area contributed by atoms with Crippen molar-refractivity contribution in [2.75, 3.05) is 6.61 Å². The van der Waals surface area contributed by atoms with Gasteiger partial charge in [0.1, 0.15) is 0 Å². The van der Waals surface area contributed by atoms with Crippen molar-refractivity contribution < 1.29 is 15.0 Å². The van der Waals surface area contributed by atoms with Gasteiger partial charge in [-0.25, -0.2) is 0 Å². The molecule has 2 atom stereocenters. The fourth-order valence-electron chi connectivity index (χ4n) is 9.54. The Balaban J connectivity index is 3.39. The minimum atomic E-state index is -0.835. The third-order valence-corrected chi connectivity index (χ3v) is 14.0. The summed E-state index contributed by atoms with van der Waals surface area (Å²) in [7, 11) is 0. The van der Waals surface area contributed by atoms with E-state index in [4.69, 9.17) is 0 Å². The topological polar surface area (TPSA) is 69.6 Å². The zero-order valence-electron chi connectivity index (χ0n) is 43.4. The summed E-state index contributed by atoms with van der Waals surface area (Å²) in [6.07, 6.45) is 72.5. The first-order valence-corrected chi connectivity index (χ1v) is 29.4. The molecule has 0 aromatic carbocycles. The van der Waals surface area contributed by atoms with Crippen LogP contribution in [0.4, 0.5) is 0 Å². The van der Waals surface area contributed by atoms with Gasteiger partial charge in [0, 0.05) is 6.42 Å². The largest absolute Gasteiger partial charge is 0.394 e. The molecule has 0 aromatic heterocycles. The summed E-state index contributed by atoms with van der Waals surface area (Å²) in [4.78, 5) is 12.5. The molecular weight excluding hydrogens is 771 g/mol. The lowest BCUT2D eigenvalue weighted by Crippen LogP contribution is -2.45. The van der Waals surface area contributed by atoms with E-state index < -0.39 is 12.1 Å². The Morgan fingerprint density at radius 3 is 0.825 bits per heavy atom. The second-order valence-corrected chi connectivity index (χ2v) is 20.4. The number of carbonyl (C=O) groups is 1. The Kier molecular flexibility index (Phi) is 54.7. The first-order valence-electron chi connectivity index (χ1n) is 29.4. The number of allylic oxidation sites excluding steroid dienone is 1. The van der Waals surface area contributed by atoms with Crippen LogP contribution < -0.4 is 5.32 Å². The number of hydrogen-bond acceptors (Lipinski definition) is 3. The predicted molar refractivity (Wildman–Crippen MR) is 281 cm³/mol. The molecule has 4 heteroatoms. The van der Waals surface area contributed by atoms with Gasteiger partial charge in [-0.3, -0.25) is 4.79 Å². The van der Waals surface area contributed by atoms with Crippen LogP contribution in [0.3, 0.4) is 0 Å². The third kappa shape index (κ3) is 52.0. The Labute approximate surface area is 397 Å². The van der Waals surface area contributed by atoms with Gasteiger partial charge >= 0.3 is 0 Å². The number of carbonyl (C=O) groups excluding carboxylic acids is 1. The quantitative estimate of drug-likeness (QED) is 0.0421. The lowest BCUT2D eigenvalue weighted by molar-refractivity contribution is -0.123. The molecule has 0 aromatic rings. The van der Waals surface area contributed by atoms with Crippen molar-refractivity contribution in [1.29, 1.82) is 0 Å². The average molecular weight is 889 g/mol. The van der Waals surface area contributed by atoms with Gasteiger partial charge in [0.05, 0.1) is 18.8 Å². The molecule has 0 rings (SSSR count). The summed E-state index contributed by atoms with van der Waals surface area (Å²) in [6.45, 7) is 4.35. The minimum absolute atomic E-state index is 0.0555. The van der Waals surface area contributed by atoms with E-state index in [1.807, 2.05) is 6.08 Å². The van der Waals surface area contributed by atoms with E-state index in [0.29, 0.717) is 6.42 Å². The molecule has 3 N–H and O–H groups in total. The van der Waals surface area contributed by atoms with Crippen LogP contribution in [0.2, 0.25) is 0 Å². The molecular formula is C59H117NO3. The van der Waals surface area contributed by atoms with Crippen LogP contribution >= 0.6 is 0 Å². The summed E-state index contributed by atoms with van der Waals surface area (Å²) in [6, 6.07) is -0.618. The zero-order valence-corrected chi connectivity index (χ0v) is 43.4. The van der Waals surface area contributed by atoms with Gasteiger partial charge < -0.3 is 15.5 Å². The van der Waals surface area contributed by atoms with E-state index in [9.17, 15) is 15.0 Å². The molecule has 0 radical (unpaired) electrons. The highest BCUT2D eigenvalue weighted by Gasteiger charge is 2.18. The van der Waals surface area contributed by atoms with Crippen LogP contribution in [0.5, 0.6) is 0 Å². The number of unbranched alkanes of at least 4 members (excludes halogenated alkanes) is 48. The van der Waals surface area contributed by atoms with E-state index in [0.717, 1.165) is 25.7 Å². The Morgan fingerprint density at radius 1 is 0.365 bits per heavy atom. The summed E-state index contributed by atoms with van der Waals surface area (Å²) in [5.74, 6) is -0.0555. The molecule has 0 saturated heterocycles. The summed E-state index contributed by atoms with van der Waals surface area (Å²) in [5.41, 5.74) is 0. The second-order valence-electron chi connectivity index (χ2n) is 20.4. The molecule has 4 nitrogen and oxygen atoms in total. The molecule has 0 saturated carbocycles. The number of nitrogens with one attached hydrogen (secondary N) is 1.